The first kappa shape index (κ1) is 14.1. The molecule has 2 heterocycles. The van der Waals surface area contributed by atoms with Crippen molar-refractivity contribution >= 4 is 5.97 Å². The molecule has 5 heteroatoms. The first-order chi connectivity index (χ1) is 11.1. The van der Waals surface area contributed by atoms with Crippen molar-refractivity contribution in [1.29, 1.82) is 0 Å². The molecule has 1 spiro atoms. The van der Waals surface area contributed by atoms with E-state index in [2.05, 4.69) is 4.90 Å². The molecule has 2 aliphatic heterocycles. The van der Waals surface area contributed by atoms with Gasteiger partial charge in [0.2, 0.25) is 0 Å². The Morgan fingerprint density at radius 1 is 1.09 bits per heavy atom. The molecule has 4 rings (SSSR count). The van der Waals surface area contributed by atoms with Gasteiger partial charge in [0.05, 0.1) is 12.1 Å². The van der Waals surface area contributed by atoms with Gasteiger partial charge in [0.15, 0.2) is 11.5 Å². The molecular weight excluding hydrogens is 294 g/mol. The van der Waals surface area contributed by atoms with Crippen LogP contribution in [-0.4, -0.2) is 34.9 Å². The Morgan fingerprint density at radius 2 is 1.74 bits per heavy atom. The lowest BCUT2D eigenvalue weighted by Gasteiger charge is -2.23. The summed E-state index contributed by atoms with van der Waals surface area (Å²) < 4.78 is 12.1. The highest BCUT2D eigenvalue weighted by Gasteiger charge is 2.47. The van der Waals surface area contributed by atoms with Crippen LogP contribution in [0.4, 0.5) is 0 Å². The second-order valence-corrected chi connectivity index (χ2v) is 6.02. The van der Waals surface area contributed by atoms with Crippen molar-refractivity contribution in [3.8, 4) is 11.5 Å². The number of fused-ring (bicyclic) bond motifs is 1. The number of carbonyl (C=O) groups is 1. The van der Waals surface area contributed by atoms with Gasteiger partial charge < -0.3 is 14.6 Å². The average molecular weight is 311 g/mol. The maximum atomic E-state index is 10.9. The van der Waals surface area contributed by atoms with Crippen LogP contribution < -0.4 is 9.47 Å². The minimum Gasteiger partial charge on any atom is -0.478 e. The molecule has 2 aliphatic rings. The van der Waals surface area contributed by atoms with Crippen LogP contribution >= 0.6 is 0 Å². The Balaban J connectivity index is 1.42. The molecule has 0 bridgehead atoms. The fourth-order valence-corrected chi connectivity index (χ4v) is 3.18. The average Bonchev–Trinajstić information content (AvgIpc) is 3.10. The number of hydrogen-bond acceptors (Lipinski definition) is 4. The Bertz CT molecular complexity index is 716. The van der Waals surface area contributed by atoms with E-state index in [1.54, 1.807) is 12.1 Å². The Morgan fingerprint density at radius 3 is 2.35 bits per heavy atom. The van der Waals surface area contributed by atoms with E-state index in [0.29, 0.717) is 12.1 Å². The zero-order valence-corrected chi connectivity index (χ0v) is 12.6. The standard InChI is InChI=1S/C18H17NO4/c20-17(21)14-7-5-13(6-8-14)11-19-10-9-18(12-19)22-15-3-1-2-4-16(15)23-18/h1-8H,9-12H2,(H,20,21). The highest BCUT2D eigenvalue weighted by molar-refractivity contribution is 5.87. The van der Waals surface area contributed by atoms with Gasteiger partial charge in [-0.15, -0.1) is 0 Å². The summed E-state index contributed by atoms with van der Waals surface area (Å²) in [7, 11) is 0. The van der Waals surface area contributed by atoms with E-state index in [9.17, 15) is 4.79 Å². The number of carboxylic acid groups (broad SMARTS) is 1. The number of para-hydroxylation sites is 2. The highest BCUT2D eigenvalue weighted by Crippen LogP contribution is 2.43. The lowest BCUT2D eigenvalue weighted by atomic mass is 10.1. The predicted molar refractivity (Wildman–Crippen MR) is 83.7 cm³/mol. The van der Waals surface area contributed by atoms with Crippen molar-refractivity contribution in [1.82, 2.24) is 4.90 Å². The number of hydrogen-bond donors (Lipinski definition) is 1. The molecule has 1 fully saturated rings. The second-order valence-electron chi connectivity index (χ2n) is 6.02. The van der Waals surface area contributed by atoms with E-state index < -0.39 is 11.8 Å². The molecule has 0 aliphatic carbocycles. The molecule has 0 aromatic heterocycles. The van der Waals surface area contributed by atoms with Gasteiger partial charge in [-0.3, -0.25) is 4.90 Å². The zero-order valence-electron chi connectivity index (χ0n) is 12.6. The van der Waals surface area contributed by atoms with Crippen molar-refractivity contribution < 1.29 is 19.4 Å². The van der Waals surface area contributed by atoms with Crippen LogP contribution in [0, 0.1) is 0 Å². The molecule has 0 unspecified atom stereocenters. The van der Waals surface area contributed by atoms with Crippen LogP contribution in [0.15, 0.2) is 48.5 Å². The van der Waals surface area contributed by atoms with Crippen LogP contribution in [0.2, 0.25) is 0 Å². The molecule has 23 heavy (non-hydrogen) atoms. The van der Waals surface area contributed by atoms with Crippen molar-refractivity contribution in [2.24, 2.45) is 0 Å². The van der Waals surface area contributed by atoms with Crippen molar-refractivity contribution in [3.63, 3.8) is 0 Å². The lowest BCUT2D eigenvalue weighted by molar-refractivity contribution is -0.0678. The highest BCUT2D eigenvalue weighted by atomic mass is 16.7. The summed E-state index contributed by atoms with van der Waals surface area (Å²) in [6.07, 6.45) is 0.814. The summed E-state index contributed by atoms with van der Waals surface area (Å²) >= 11 is 0. The predicted octanol–water partition coefficient (Wildman–Crippen LogP) is 2.76. The molecule has 5 nitrogen and oxygen atoms in total. The summed E-state index contributed by atoms with van der Waals surface area (Å²) in [5.41, 5.74) is 1.40. The van der Waals surface area contributed by atoms with Crippen LogP contribution in [0.25, 0.3) is 0 Å². The fraction of sp³-hybridized carbons (Fsp3) is 0.278. The van der Waals surface area contributed by atoms with E-state index >= 15 is 0 Å². The number of aromatic carboxylic acids is 1. The van der Waals surface area contributed by atoms with Crippen LogP contribution in [0.1, 0.15) is 22.3 Å². The van der Waals surface area contributed by atoms with E-state index in [-0.39, 0.29) is 0 Å². The molecule has 0 atom stereocenters. The maximum Gasteiger partial charge on any atom is 0.335 e. The van der Waals surface area contributed by atoms with Crippen LogP contribution in [0.3, 0.4) is 0 Å². The Labute approximate surface area is 134 Å². The minimum absolute atomic E-state index is 0.310. The topological polar surface area (TPSA) is 59.0 Å². The monoisotopic (exact) mass is 311 g/mol. The maximum absolute atomic E-state index is 10.9. The summed E-state index contributed by atoms with van der Waals surface area (Å²) in [5.74, 6) is 0.132. The van der Waals surface area contributed by atoms with Crippen molar-refractivity contribution in [2.45, 2.75) is 18.8 Å². The summed E-state index contributed by atoms with van der Waals surface area (Å²) in [6, 6.07) is 14.7. The zero-order chi connectivity index (χ0) is 15.9. The summed E-state index contributed by atoms with van der Waals surface area (Å²) in [4.78, 5) is 13.2. The fourth-order valence-electron chi connectivity index (χ4n) is 3.18. The molecule has 0 amide bonds. The molecule has 118 valence electrons. The third-order valence-electron chi connectivity index (χ3n) is 4.32. The summed E-state index contributed by atoms with van der Waals surface area (Å²) in [6.45, 7) is 2.34. The smallest absolute Gasteiger partial charge is 0.335 e. The minimum atomic E-state index is -0.901. The van der Waals surface area contributed by atoms with Crippen LogP contribution in [-0.2, 0) is 6.54 Å². The first-order valence-corrected chi connectivity index (χ1v) is 7.65. The molecular formula is C18H17NO4. The van der Waals surface area contributed by atoms with Gasteiger partial charge in [-0.05, 0) is 29.8 Å². The summed E-state index contributed by atoms with van der Waals surface area (Å²) in [5, 5.41) is 8.94. The normalized spacial score (nSPS) is 18.4. The van der Waals surface area contributed by atoms with Crippen LogP contribution in [0.5, 0.6) is 11.5 Å². The van der Waals surface area contributed by atoms with E-state index in [1.807, 2.05) is 36.4 Å². The van der Waals surface area contributed by atoms with E-state index in [4.69, 9.17) is 14.6 Å². The third kappa shape index (κ3) is 2.64. The molecule has 2 aromatic carbocycles. The molecule has 1 N–H and O–H groups in total. The largest absolute Gasteiger partial charge is 0.478 e. The number of nitrogens with zero attached hydrogens (tertiary/aromatic N) is 1. The number of carboxylic acids is 1. The van der Waals surface area contributed by atoms with Gasteiger partial charge in [-0.2, -0.15) is 0 Å². The number of likely N-dealkylation sites (tertiary alicyclic amines) is 1. The van der Waals surface area contributed by atoms with Gasteiger partial charge in [-0.25, -0.2) is 4.79 Å². The molecule has 2 aromatic rings. The van der Waals surface area contributed by atoms with Gasteiger partial charge in [0, 0.05) is 19.5 Å². The van der Waals surface area contributed by atoms with E-state index in [0.717, 1.165) is 36.6 Å². The number of ether oxygens (including phenoxy) is 2. The Kier molecular flexibility index (Phi) is 3.23. The molecule has 0 radical (unpaired) electrons. The first-order valence-electron chi connectivity index (χ1n) is 7.65. The SMILES string of the molecule is O=C(O)c1ccc(CN2CCC3(C2)Oc2ccccc2O3)cc1. The second kappa shape index (κ2) is 5.28. The third-order valence-corrected chi connectivity index (χ3v) is 4.32. The lowest BCUT2D eigenvalue weighted by Crippen LogP contribution is -2.41. The van der Waals surface area contributed by atoms with Gasteiger partial charge >= 0.3 is 5.97 Å². The van der Waals surface area contributed by atoms with E-state index in [1.165, 1.54) is 0 Å². The number of rotatable bonds is 3. The quantitative estimate of drug-likeness (QED) is 0.944. The molecule has 0 saturated carbocycles. The molecule has 1 saturated heterocycles. The van der Waals surface area contributed by atoms with Gasteiger partial charge in [-0.1, -0.05) is 24.3 Å². The Hall–Kier alpha value is -2.53. The van der Waals surface area contributed by atoms with Crippen molar-refractivity contribution in [3.05, 3.63) is 59.7 Å². The van der Waals surface area contributed by atoms with Gasteiger partial charge in [0.25, 0.3) is 5.79 Å². The number of benzene rings is 2. The van der Waals surface area contributed by atoms with Gasteiger partial charge in [0.1, 0.15) is 0 Å². The van der Waals surface area contributed by atoms with Crippen molar-refractivity contribution in [2.75, 3.05) is 13.1 Å².